The zero-order valence-corrected chi connectivity index (χ0v) is 7.15. The molecule has 0 radical (unpaired) electrons. The van der Waals surface area contributed by atoms with Crippen LogP contribution in [0.3, 0.4) is 0 Å². The van der Waals surface area contributed by atoms with E-state index in [-0.39, 0.29) is 17.3 Å². The van der Waals surface area contributed by atoms with Gasteiger partial charge in [-0.05, 0) is 11.6 Å². The summed E-state index contributed by atoms with van der Waals surface area (Å²) in [6, 6.07) is 3.01. The summed E-state index contributed by atoms with van der Waals surface area (Å²) in [6.07, 6.45) is 0. The van der Waals surface area contributed by atoms with Crippen molar-refractivity contribution in [3.63, 3.8) is 0 Å². The molecule has 0 aliphatic rings. The van der Waals surface area contributed by atoms with E-state index >= 15 is 0 Å². The molecule has 0 bridgehead atoms. The van der Waals surface area contributed by atoms with Gasteiger partial charge in [0, 0.05) is 17.6 Å². The molecule has 4 heteroatoms. The lowest BCUT2D eigenvalue weighted by atomic mass is 10.2. The third kappa shape index (κ3) is 1.77. The van der Waals surface area contributed by atoms with E-state index in [0.29, 0.717) is 10.6 Å². The van der Waals surface area contributed by atoms with E-state index < -0.39 is 0 Å². The van der Waals surface area contributed by atoms with Crippen molar-refractivity contribution in [3.8, 4) is 5.75 Å². The fraction of sp³-hybridized carbons (Fsp3) is 0.143. The summed E-state index contributed by atoms with van der Waals surface area (Å²) in [4.78, 5) is 0. The van der Waals surface area contributed by atoms with Gasteiger partial charge >= 0.3 is 0 Å². The van der Waals surface area contributed by atoms with Crippen LogP contribution in [-0.2, 0) is 6.54 Å². The fourth-order valence-electron chi connectivity index (χ4n) is 0.778. The Morgan fingerprint density at radius 1 is 1.36 bits per heavy atom. The van der Waals surface area contributed by atoms with Crippen molar-refractivity contribution in [1.82, 2.24) is 0 Å². The first kappa shape index (κ1) is 8.65. The summed E-state index contributed by atoms with van der Waals surface area (Å²) in [5, 5.41) is 9.85. The summed E-state index contributed by atoms with van der Waals surface area (Å²) in [6.45, 7) is 0.271. The molecule has 0 fully saturated rings. The summed E-state index contributed by atoms with van der Waals surface area (Å²) in [7, 11) is 0. The van der Waals surface area contributed by atoms with Crippen LogP contribution in [0.5, 0.6) is 5.75 Å². The van der Waals surface area contributed by atoms with Crippen molar-refractivity contribution < 1.29 is 5.11 Å². The molecule has 3 N–H and O–H groups in total. The molecule has 1 rings (SSSR count). The van der Waals surface area contributed by atoms with Crippen LogP contribution >= 0.6 is 23.2 Å². The lowest BCUT2D eigenvalue weighted by molar-refractivity contribution is 0.475. The second-order valence-corrected chi connectivity index (χ2v) is 2.92. The molecule has 60 valence electrons. The first-order chi connectivity index (χ1) is 5.15. The van der Waals surface area contributed by atoms with Crippen LogP contribution in [0.4, 0.5) is 0 Å². The van der Waals surface area contributed by atoms with Gasteiger partial charge in [-0.2, -0.15) is 0 Å². The molecular weight excluding hydrogens is 185 g/mol. The summed E-state index contributed by atoms with van der Waals surface area (Å²) in [5.74, 6) is -0.0281. The molecule has 0 heterocycles. The van der Waals surface area contributed by atoms with Gasteiger partial charge in [0.2, 0.25) is 0 Å². The normalized spacial score (nSPS) is 10.1. The fourth-order valence-corrected chi connectivity index (χ4v) is 1.20. The van der Waals surface area contributed by atoms with Crippen molar-refractivity contribution in [3.05, 3.63) is 27.7 Å². The summed E-state index contributed by atoms with van der Waals surface area (Å²) < 4.78 is 0. The molecule has 0 aliphatic heterocycles. The minimum absolute atomic E-state index is 0.0281. The van der Waals surface area contributed by atoms with Gasteiger partial charge in [-0.15, -0.1) is 0 Å². The minimum atomic E-state index is -0.0281. The Labute approximate surface area is 74.5 Å². The van der Waals surface area contributed by atoms with Gasteiger partial charge in [0.05, 0.1) is 5.02 Å². The Kier molecular flexibility index (Phi) is 2.60. The standard InChI is InChI=1S/C7H7Cl2NO/c8-5-1-4(3-10)7(9)6(11)2-5/h1-2,11H,3,10H2. The van der Waals surface area contributed by atoms with Gasteiger partial charge in [-0.1, -0.05) is 23.2 Å². The maximum Gasteiger partial charge on any atom is 0.135 e. The van der Waals surface area contributed by atoms with Gasteiger partial charge in [0.25, 0.3) is 0 Å². The van der Waals surface area contributed by atoms with Gasteiger partial charge in [-0.3, -0.25) is 0 Å². The molecule has 0 spiro atoms. The van der Waals surface area contributed by atoms with E-state index in [1.54, 1.807) is 6.07 Å². The average molecular weight is 192 g/mol. The van der Waals surface area contributed by atoms with Crippen LogP contribution in [-0.4, -0.2) is 5.11 Å². The Hall–Kier alpha value is -0.440. The van der Waals surface area contributed by atoms with E-state index in [1.807, 2.05) is 0 Å². The Bertz CT molecular complexity index is 275. The monoisotopic (exact) mass is 191 g/mol. The van der Waals surface area contributed by atoms with Crippen LogP contribution in [0, 0.1) is 0 Å². The van der Waals surface area contributed by atoms with E-state index in [9.17, 15) is 0 Å². The lowest BCUT2D eigenvalue weighted by Crippen LogP contribution is -1.96. The van der Waals surface area contributed by atoms with Gasteiger partial charge in [0.15, 0.2) is 0 Å². The van der Waals surface area contributed by atoms with E-state index in [4.69, 9.17) is 34.0 Å². The van der Waals surface area contributed by atoms with E-state index in [1.165, 1.54) is 6.07 Å². The predicted molar refractivity (Wildman–Crippen MR) is 46.0 cm³/mol. The molecule has 0 unspecified atom stereocenters. The van der Waals surface area contributed by atoms with Crippen LogP contribution < -0.4 is 5.73 Å². The molecule has 0 saturated heterocycles. The van der Waals surface area contributed by atoms with Gasteiger partial charge in [0.1, 0.15) is 5.75 Å². The van der Waals surface area contributed by atoms with Crippen LogP contribution in [0.15, 0.2) is 12.1 Å². The number of rotatable bonds is 1. The lowest BCUT2D eigenvalue weighted by Gasteiger charge is -2.03. The molecule has 0 aliphatic carbocycles. The van der Waals surface area contributed by atoms with Crippen molar-refractivity contribution in [1.29, 1.82) is 0 Å². The SMILES string of the molecule is NCc1cc(Cl)cc(O)c1Cl. The van der Waals surface area contributed by atoms with Gasteiger partial charge in [-0.25, -0.2) is 0 Å². The van der Waals surface area contributed by atoms with Crippen molar-refractivity contribution >= 4 is 23.2 Å². The minimum Gasteiger partial charge on any atom is -0.506 e. The third-order valence-corrected chi connectivity index (χ3v) is 1.97. The highest BCUT2D eigenvalue weighted by atomic mass is 35.5. The Balaban J connectivity index is 3.24. The molecule has 2 nitrogen and oxygen atoms in total. The zero-order chi connectivity index (χ0) is 8.43. The van der Waals surface area contributed by atoms with Gasteiger partial charge < -0.3 is 10.8 Å². The second kappa shape index (κ2) is 3.30. The van der Waals surface area contributed by atoms with Crippen LogP contribution in [0.1, 0.15) is 5.56 Å². The molecular formula is C7H7Cl2NO. The highest BCUT2D eigenvalue weighted by molar-refractivity contribution is 6.34. The number of hydrogen-bond acceptors (Lipinski definition) is 2. The summed E-state index contributed by atoms with van der Waals surface area (Å²) in [5.41, 5.74) is 5.98. The van der Waals surface area contributed by atoms with E-state index in [2.05, 4.69) is 0 Å². The smallest absolute Gasteiger partial charge is 0.135 e. The molecule has 0 amide bonds. The second-order valence-electron chi connectivity index (χ2n) is 2.10. The number of hydrogen-bond donors (Lipinski definition) is 2. The number of phenolic OH excluding ortho intramolecular Hbond substituents is 1. The van der Waals surface area contributed by atoms with Crippen molar-refractivity contribution in [2.45, 2.75) is 6.54 Å². The first-order valence-corrected chi connectivity index (χ1v) is 3.77. The molecule has 0 aromatic heterocycles. The number of halogens is 2. The first-order valence-electron chi connectivity index (χ1n) is 3.02. The molecule has 11 heavy (non-hydrogen) atoms. The number of phenols is 1. The number of aromatic hydroxyl groups is 1. The maximum atomic E-state index is 9.14. The summed E-state index contributed by atoms with van der Waals surface area (Å²) >= 11 is 11.3. The van der Waals surface area contributed by atoms with Crippen LogP contribution in [0.2, 0.25) is 10.0 Å². The predicted octanol–water partition coefficient (Wildman–Crippen LogP) is 2.16. The maximum absolute atomic E-state index is 9.14. The number of benzene rings is 1. The quantitative estimate of drug-likeness (QED) is 0.715. The Morgan fingerprint density at radius 2 is 2.00 bits per heavy atom. The highest BCUT2D eigenvalue weighted by Gasteiger charge is 2.04. The Morgan fingerprint density at radius 3 is 2.55 bits per heavy atom. The molecule has 1 aromatic carbocycles. The largest absolute Gasteiger partial charge is 0.506 e. The van der Waals surface area contributed by atoms with Crippen LogP contribution in [0.25, 0.3) is 0 Å². The molecule has 1 aromatic rings. The number of nitrogens with two attached hydrogens (primary N) is 1. The zero-order valence-electron chi connectivity index (χ0n) is 5.64. The topological polar surface area (TPSA) is 46.2 Å². The molecule has 0 saturated carbocycles. The molecule has 0 atom stereocenters. The third-order valence-electron chi connectivity index (χ3n) is 1.31. The van der Waals surface area contributed by atoms with E-state index in [0.717, 1.165) is 0 Å². The average Bonchev–Trinajstić information content (AvgIpc) is 1.96. The van der Waals surface area contributed by atoms with Crippen molar-refractivity contribution in [2.24, 2.45) is 5.73 Å². The van der Waals surface area contributed by atoms with Crippen molar-refractivity contribution in [2.75, 3.05) is 0 Å². The highest BCUT2D eigenvalue weighted by Crippen LogP contribution is 2.30.